The maximum absolute atomic E-state index is 10.6. The molecule has 2 nitrogen and oxygen atoms in total. The Kier molecular flexibility index (Phi) is 3.77. The number of carbonyl (C=O) groups is 1. The molecule has 0 atom stereocenters. The van der Waals surface area contributed by atoms with Gasteiger partial charge in [0.1, 0.15) is 0 Å². The molecular weight excluding hydrogens is 450 g/mol. The Bertz CT molecular complexity index is 338. The largest absolute Gasteiger partial charge is 0.478 e. The Morgan fingerprint density at radius 3 is 2.50 bits per heavy atom. The first kappa shape index (κ1) is 10.7. The van der Waals surface area contributed by atoms with Crippen LogP contribution >= 0.6 is 61.1 Å². The van der Waals surface area contributed by atoms with Crippen molar-refractivity contribution < 1.29 is 9.90 Å². The minimum absolute atomic E-state index is 0.305. The highest BCUT2D eigenvalue weighted by atomic mass is 127. The summed E-state index contributed by atoms with van der Waals surface area (Å²) in [6, 6.07) is 3.38. The Morgan fingerprint density at radius 2 is 2.00 bits per heavy atom. The molecule has 0 bridgehead atoms. The molecule has 0 aliphatic rings. The number of benzene rings is 1. The van der Waals surface area contributed by atoms with Crippen molar-refractivity contribution in [3.63, 3.8) is 0 Å². The lowest BCUT2D eigenvalue weighted by atomic mass is 10.2. The third-order valence-electron chi connectivity index (χ3n) is 1.27. The van der Waals surface area contributed by atoms with Crippen LogP contribution in [0.1, 0.15) is 10.4 Å². The van der Waals surface area contributed by atoms with E-state index >= 15 is 0 Å². The molecule has 0 amide bonds. The Labute approximate surface area is 105 Å². The molecule has 0 aliphatic heterocycles. The second-order valence-corrected chi connectivity index (χ2v) is 5.06. The molecule has 5 heteroatoms. The average Bonchev–Trinajstić information content (AvgIpc) is 2.00. The molecule has 0 radical (unpaired) electrons. The van der Waals surface area contributed by atoms with E-state index in [0.717, 1.165) is 7.14 Å². The molecular formula is C7H3BrI2O2. The smallest absolute Gasteiger partial charge is 0.336 e. The van der Waals surface area contributed by atoms with E-state index in [4.69, 9.17) is 5.11 Å². The van der Waals surface area contributed by atoms with E-state index in [1.807, 2.05) is 0 Å². The van der Waals surface area contributed by atoms with Crippen LogP contribution in [0, 0.1) is 7.14 Å². The number of halogens is 3. The summed E-state index contributed by atoms with van der Waals surface area (Å²) in [5, 5.41) is 8.75. The van der Waals surface area contributed by atoms with Gasteiger partial charge in [-0.15, -0.1) is 0 Å². The van der Waals surface area contributed by atoms with Gasteiger partial charge in [0.25, 0.3) is 0 Å². The summed E-state index contributed by atoms with van der Waals surface area (Å²) in [6.45, 7) is 0. The first-order valence-corrected chi connectivity index (χ1v) is 5.86. The standard InChI is InChI=1S/C7H3BrI2O2/c8-5-3(7(11)12)1-2-4(9)6(5)10/h1-2H,(H,11,12). The highest BCUT2D eigenvalue weighted by Crippen LogP contribution is 2.27. The SMILES string of the molecule is O=C(O)c1ccc(I)c(I)c1Br. The normalized spacial score (nSPS) is 9.92. The quantitative estimate of drug-likeness (QED) is 0.524. The molecule has 0 unspecified atom stereocenters. The fraction of sp³-hybridized carbons (Fsp3) is 0. The number of carboxylic acids is 1. The van der Waals surface area contributed by atoms with Crippen molar-refractivity contribution in [2.75, 3.05) is 0 Å². The van der Waals surface area contributed by atoms with Gasteiger partial charge in [-0.05, 0) is 73.2 Å². The zero-order valence-electron chi connectivity index (χ0n) is 5.64. The third kappa shape index (κ3) is 2.11. The van der Waals surface area contributed by atoms with Crippen LogP contribution in [0.3, 0.4) is 0 Å². The maximum atomic E-state index is 10.6. The Hall–Kier alpha value is 0.630. The van der Waals surface area contributed by atoms with Crippen LogP contribution in [0.4, 0.5) is 0 Å². The number of carboxylic acid groups (broad SMARTS) is 1. The average molecular weight is 453 g/mol. The first-order chi connectivity index (χ1) is 5.54. The summed E-state index contributed by atoms with van der Waals surface area (Å²) < 4.78 is 2.64. The molecule has 12 heavy (non-hydrogen) atoms. The molecule has 0 saturated heterocycles. The van der Waals surface area contributed by atoms with Crippen LogP contribution in [-0.4, -0.2) is 11.1 Å². The molecule has 0 aliphatic carbocycles. The van der Waals surface area contributed by atoms with Crippen molar-refractivity contribution in [2.45, 2.75) is 0 Å². The van der Waals surface area contributed by atoms with Crippen LogP contribution in [0.25, 0.3) is 0 Å². The molecule has 0 fully saturated rings. The van der Waals surface area contributed by atoms with Gasteiger partial charge in [-0.25, -0.2) is 4.79 Å². The Morgan fingerprint density at radius 1 is 1.42 bits per heavy atom. The van der Waals surface area contributed by atoms with Gasteiger partial charge in [-0.2, -0.15) is 0 Å². The molecule has 0 spiro atoms. The maximum Gasteiger partial charge on any atom is 0.336 e. The molecule has 1 N–H and O–H groups in total. The van der Waals surface area contributed by atoms with Gasteiger partial charge in [0.05, 0.1) is 5.56 Å². The van der Waals surface area contributed by atoms with Crippen molar-refractivity contribution in [1.29, 1.82) is 0 Å². The topological polar surface area (TPSA) is 37.3 Å². The predicted molar refractivity (Wildman–Crippen MR) is 66.5 cm³/mol. The molecule has 1 rings (SSSR count). The molecule has 0 aromatic heterocycles. The van der Waals surface area contributed by atoms with Crippen LogP contribution < -0.4 is 0 Å². The molecule has 1 aromatic rings. The Balaban J connectivity index is 3.36. The van der Waals surface area contributed by atoms with Gasteiger partial charge in [0.2, 0.25) is 0 Å². The van der Waals surface area contributed by atoms with Crippen LogP contribution in [-0.2, 0) is 0 Å². The van der Waals surface area contributed by atoms with E-state index in [1.54, 1.807) is 12.1 Å². The molecule has 64 valence electrons. The van der Waals surface area contributed by atoms with Crippen LogP contribution in [0.2, 0.25) is 0 Å². The minimum atomic E-state index is -0.906. The van der Waals surface area contributed by atoms with Gasteiger partial charge in [-0.1, -0.05) is 0 Å². The summed E-state index contributed by atoms with van der Waals surface area (Å²) in [5.74, 6) is -0.906. The fourth-order valence-electron chi connectivity index (χ4n) is 0.691. The lowest BCUT2D eigenvalue weighted by Gasteiger charge is -2.02. The summed E-state index contributed by atoms with van der Waals surface area (Å²) in [4.78, 5) is 10.6. The van der Waals surface area contributed by atoms with Gasteiger partial charge in [0, 0.05) is 11.6 Å². The fourth-order valence-corrected chi connectivity index (χ4v) is 2.50. The highest BCUT2D eigenvalue weighted by molar-refractivity contribution is 14.1. The highest BCUT2D eigenvalue weighted by Gasteiger charge is 2.12. The second kappa shape index (κ2) is 4.23. The van der Waals surface area contributed by atoms with Crippen LogP contribution in [0.5, 0.6) is 0 Å². The van der Waals surface area contributed by atoms with E-state index in [0.29, 0.717) is 10.0 Å². The summed E-state index contributed by atoms with van der Waals surface area (Å²) >= 11 is 7.51. The lowest BCUT2D eigenvalue weighted by molar-refractivity contribution is 0.0696. The summed E-state index contributed by atoms with van der Waals surface area (Å²) in [7, 11) is 0. The number of hydrogen-bond acceptors (Lipinski definition) is 1. The zero-order chi connectivity index (χ0) is 9.30. The molecule has 1 aromatic carbocycles. The van der Waals surface area contributed by atoms with Crippen LogP contribution in [0.15, 0.2) is 16.6 Å². The van der Waals surface area contributed by atoms with Crippen molar-refractivity contribution in [2.24, 2.45) is 0 Å². The molecule has 0 saturated carbocycles. The van der Waals surface area contributed by atoms with E-state index in [2.05, 4.69) is 61.1 Å². The van der Waals surface area contributed by atoms with Crippen molar-refractivity contribution in [1.82, 2.24) is 0 Å². The van der Waals surface area contributed by atoms with Gasteiger partial charge >= 0.3 is 5.97 Å². The first-order valence-electron chi connectivity index (χ1n) is 2.91. The minimum Gasteiger partial charge on any atom is -0.478 e. The summed E-state index contributed by atoms with van der Waals surface area (Å²) in [6.07, 6.45) is 0. The number of rotatable bonds is 1. The summed E-state index contributed by atoms with van der Waals surface area (Å²) in [5.41, 5.74) is 0.305. The van der Waals surface area contributed by atoms with Gasteiger partial charge in [-0.3, -0.25) is 0 Å². The van der Waals surface area contributed by atoms with Gasteiger partial charge < -0.3 is 5.11 Å². The van der Waals surface area contributed by atoms with E-state index in [9.17, 15) is 4.79 Å². The monoisotopic (exact) mass is 452 g/mol. The predicted octanol–water partition coefficient (Wildman–Crippen LogP) is 3.36. The van der Waals surface area contributed by atoms with Gasteiger partial charge in [0.15, 0.2) is 0 Å². The second-order valence-electron chi connectivity index (χ2n) is 2.03. The van der Waals surface area contributed by atoms with E-state index < -0.39 is 5.97 Å². The number of aromatic carboxylic acids is 1. The van der Waals surface area contributed by atoms with Crippen molar-refractivity contribution in [3.05, 3.63) is 29.3 Å². The number of hydrogen-bond donors (Lipinski definition) is 1. The van der Waals surface area contributed by atoms with E-state index in [1.165, 1.54) is 0 Å². The lowest BCUT2D eigenvalue weighted by Crippen LogP contribution is -1.99. The van der Waals surface area contributed by atoms with Crippen molar-refractivity contribution >= 4 is 67.1 Å². The van der Waals surface area contributed by atoms with E-state index in [-0.39, 0.29) is 0 Å². The third-order valence-corrected chi connectivity index (χ3v) is 5.88. The van der Waals surface area contributed by atoms with Crippen molar-refractivity contribution in [3.8, 4) is 0 Å². The zero-order valence-corrected chi connectivity index (χ0v) is 11.5. The molecule has 0 heterocycles.